The molecule has 1 aromatic carbocycles. The molecule has 0 saturated carbocycles. The molecule has 0 amide bonds. The van der Waals surface area contributed by atoms with Crippen LogP contribution in [0.2, 0.25) is 0 Å². The Balaban J connectivity index is 2.25. The highest BCUT2D eigenvalue weighted by atomic mass is 16.4. The molecular formula is C15H23NO2. The van der Waals surface area contributed by atoms with Crippen molar-refractivity contribution in [3.05, 3.63) is 29.8 Å². The first kappa shape index (κ1) is 14.6. The molecule has 0 radical (unpaired) electrons. The summed E-state index contributed by atoms with van der Waals surface area (Å²) in [6.07, 6.45) is 7.59. The maximum absolute atomic E-state index is 10.4. The van der Waals surface area contributed by atoms with Crippen LogP contribution in [0.3, 0.4) is 0 Å². The molecule has 3 heteroatoms. The van der Waals surface area contributed by atoms with Crippen LogP contribution in [0, 0.1) is 0 Å². The molecule has 18 heavy (non-hydrogen) atoms. The number of anilines is 1. The molecule has 1 rings (SSSR count). The van der Waals surface area contributed by atoms with Gasteiger partial charge in [0.05, 0.1) is 0 Å². The summed E-state index contributed by atoms with van der Waals surface area (Å²) >= 11 is 0. The Bertz CT molecular complexity index is 346. The second-order valence-electron chi connectivity index (χ2n) is 4.61. The van der Waals surface area contributed by atoms with E-state index in [9.17, 15) is 4.79 Å². The molecule has 0 aromatic heterocycles. The number of aliphatic carboxylic acids is 1. The highest BCUT2D eigenvalue weighted by molar-refractivity contribution is 5.72. The third-order valence-electron chi connectivity index (χ3n) is 2.97. The SMILES string of the molecule is CCCCCCCc1ccc(NCC(=O)O)cc1. The maximum Gasteiger partial charge on any atom is 0.322 e. The lowest BCUT2D eigenvalue weighted by molar-refractivity contribution is -0.134. The first-order chi connectivity index (χ1) is 8.72. The number of benzene rings is 1. The number of unbranched alkanes of at least 4 members (excludes halogenated alkanes) is 4. The van der Waals surface area contributed by atoms with Crippen LogP contribution >= 0.6 is 0 Å². The summed E-state index contributed by atoms with van der Waals surface area (Å²) in [6.45, 7) is 2.19. The van der Waals surface area contributed by atoms with Gasteiger partial charge in [-0.2, -0.15) is 0 Å². The molecule has 0 fully saturated rings. The number of hydrogen-bond acceptors (Lipinski definition) is 2. The van der Waals surface area contributed by atoms with Crippen molar-refractivity contribution in [2.75, 3.05) is 11.9 Å². The molecule has 0 bridgehead atoms. The molecule has 100 valence electrons. The predicted octanol–water partition coefficient (Wildman–Crippen LogP) is 3.70. The fourth-order valence-electron chi connectivity index (χ4n) is 1.90. The van der Waals surface area contributed by atoms with Crippen molar-refractivity contribution in [1.82, 2.24) is 0 Å². The molecule has 0 saturated heterocycles. The van der Waals surface area contributed by atoms with Crippen LogP contribution in [0.25, 0.3) is 0 Å². The van der Waals surface area contributed by atoms with E-state index in [2.05, 4.69) is 24.4 Å². The Morgan fingerprint density at radius 2 is 1.78 bits per heavy atom. The van der Waals surface area contributed by atoms with Gasteiger partial charge in [0.15, 0.2) is 0 Å². The average molecular weight is 249 g/mol. The van der Waals surface area contributed by atoms with Crippen LogP contribution in [0.15, 0.2) is 24.3 Å². The second-order valence-corrected chi connectivity index (χ2v) is 4.61. The molecule has 2 N–H and O–H groups in total. The molecule has 0 unspecified atom stereocenters. The maximum atomic E-state index is 10.4. The Morgan fingerprint density at radius 1 is 1.11 bits per heavy atom. The summed E-state index contributed by atoms with van der Waals surface area (Å²) in [7, 11) is 0. The lowest BCUT2D eigenvalue weighted by Gasteiger charge is -2.05. The van der Waals surface area contributed by atoms with Gasteiger partial charge in [-0.25, -0.2) is 0 Å². The topological polar surface area (TPSA) is 49.3 Å². The van der Waals surface area contributed by atoms with Crippen LogP contribution in [0.5, 0.6) is 0 Å². The first-order valence-corrected chi connectivity index (χ1v) is 6.77. The predicted molar refractivity (Wildman–Crippen MR) is 75.0 cm³/mol. The minimum absolute atomic E-state index is 0.0314. The Morgan fingerprint density at radius 3 is 2.39 bits per heavy atom. The van der Waals surface area contributed by atoms with Gasteiger partial charge in [-0.3, -0.25) is 4.79 Å². The molecule has 0 aliphatic heterocycles. The van der Waals surface area contributed by atoms with E-state index in [1.54, 1.807) is 0 Å². The van der Waals surface area contributed by atoms with Crippen molar-refractivity contribution in [3.63, 3.8) is 0 Å². The van der Waals surface area contributed by atoms with Crippen molar-refractivity contribution in [2.45, 2.75) is 45.4 Å². The van der Waals surface area contributed by atoms with Crippen molar-refractivity contribution in [1.29, 1.82) is 0 Å². The fourth-order valence-corrected chi connectivity index (χ4v) is 1.90. The van der Waals surface area contributed by atoms with Crippen LogP contribution in [-0.4, -0.2) is 17.6 Å². The average Bonchev–Trinajstić information content (AvgIpc) is 2.37. The van der Waals surface area contributed by atoms with Crippen LogP contribution in [0.4, 0.5) is 5.69 Å². The number of carbonyl (C=O) groups is 1. The zero-order valence-electron chi connectivity index (χ0n) is 11.1. The van der Waals surface area contributed by atoms with Gasteiger partial charge in [-0.1, -0.05) is 44.7 Å². The van der Waals surface area contributed by atoms with E-state index in [-0.39, 0.29) is 6.54 Å². The summed E-state index contributed by atoms with van der Waals surface area (Å²) < 4.78 is 0. The van der Waals surface area contributed by atoms with Crippen molar-refractivity contribution < 1.29 is 9.90 Å². The summed E-state index contributed by atoms with van der Waals surface area (Å²) in [5.41, 5.74) is 2.19. The minimum Gasteiger partial charge on any atom is -0.480 e. The number of nitrogens with one attached hydrogen (secondary N) is 1. The zero-order valence-corrected chi connectivity index (χ0v) is 11.1. The monoisotopic (exact) mass is 249 g/mol. The van der Waals surface area contributed by atoms with Gasteiger partial charge in [0.2, 0.25) is 0 Å². The minimum atomic E-state index is -0.838. The summed E-state index contributed by atoms with van der Waals surface area (Å²) in [5.74, 6) is -0.838. The fraction of sp³-hybridized carbons (Fsp3) is 0.533. The summed E-state index contributed by atoms with van der Waals surface area (Å²) in [6, 6.07) is 8.04. The van der Waals surface area contributed by atoms with Gasteiger partial charge in [0.1, 0.15) is 6.54 Å². The molecule has 0 aliphatic rings. The zero-order chi connectivity index (χ0) is 13.2. The summed E-state index contributed by atoms with van der Waals surface area (Å²) in [4.78, 5) is 10.4. The number of hydrogen-bond donors (Lipinski definition) is 2. The summed E-state index contributed by atoms with van der Waals surface area (Å²) in [5, 5.41) is 11.4. The quantitative estimate of drug-likeness (QED) is 0.656. The largest absolute Gasteiger partial charge is 0.480 e. The van der Waals surface area contributed by atoms with Gasteiger partial charge in [0, 0.05) is 5.69 Å². The third kappa shape index (κ3) is 6.28. The van der Waals surface area contributed by atoms with Crippen LogP contribution < -0.4 is 5.32 Å². The van der Waals surface area contributed by atoms with Crippen molar-refractivity contribution in [2.24, 2.45) is 0 Å². The normalized spacial score (nSPS) is 10.3. The smallest absolute Gasteiger partial charge is 0.322 e. The number of aryl methyl sites for hydroxylation is 1. The molecule has 3 nitrogen and oxygen atoms in total. The van der Waals surface area contributed by atoms with Crippen LogP contribution in [0.1, 0.15) is 44.6 Å². The molecule has 1 aromatic rings. The Hall–Kier alpha value is -1.51. The highest BCUT2D eigenvalue weighted by Gasteiger charge is 1.98. The lowest BCUT2D eigenvalue weighted by atomic mass is 10.1. The van der Waals surface area contributed by atoms with Crippen molar-refractivity contribution in [3.8, 4) is 0 Å². The third-order valence-corrected chi connectivity index (χ3v) is 2.97. The second kappa shape index (κ2) is 8.56. The first-order valence-electron chi connectivity index (χ1n) is 6.77. The van der Waals surface area contributed by atoms with Gasteiger partial charge in [-0.05, 0) is 30.5 Å². The van der Waals surface area contributed by atoms with Gasteiger partial charge in [0.25, 0.3) is 0 Å². The molecule has 0 atom stereocenters. The van der Waals surface area contributed by atoms with E-state index >= 15 is 0 Å². The lowest BCUT2D eigenvalue weighted by Crippen LogP contribution is -2.12. The number of carboxylic acid groups (broad SMARTS) is 1. The number of carboxylic acids is 1. The van der Waals surface area contributed by atoms with E-state index in [1.807, 2.05) is 12.1 Å². The standard InChI is InChI=1S/C15H23NO2/c1-2-3-4-5-6-7-13-8-10-14(11-9-13)16-12-15(17)18/h8-11,16H,2-7,12H2,1H3,(H,17,18). The van der Waals surface area contributed by atoms with E-state index in [0.717, 1.165) is 12.1 Å². The van der Waals surface area contributed by atoms with E-state index in [4.69, 9.17) is 5.11 Å². The Kier molecular flexibility index (Phi) is 6.92. The van der Waals surface area contributed by atoms with Crippen LogP contribution in [-0.2, 0) is 11.2 Å². The molecular weight excluding hydrogens is 226 g/mol. The van der Waals surface area contributed by atoms with Gasteiger partial charge >= 0.3 is 5.97 Å². The van der Waals surface area contributed by atoms with E-state index in [0.29, 0.717) is 0 Å². The molecule has 0 aliphatic carbocycles. The van der Waals surface area contributed by atoms with E-state index < -0.39 is 5.97 Å². The molecule has 0 heterocycles. The number of rotatable bonds is 9. The van der Waals surface area contributed by atoms with Gasteiger partial charge in [-0.15, -0.1) is 0 Å². The highest BCUT2D eigenvalue weighted by Crippen LogP contribution is 2.12. The van der Waals surface area contributed by atoms with Crippen molar-refractivity contribution >= 4 is 11.7 Å². The Labute approximate surface area is 109 Å². The molecule has 0 spiro atoms. The van der Waals surface area contributed by atoms with Gasteiger partial charge < -0.3 is 10.4 Å². The van der Waals surface area contributed by atoms with E-state index in [1.165, 1.54) is 37.7 Å².